The molecule has 0 saturated carbocycles. The molecular formula is C24H28N4O4. The van der Waals surface area contributed by atoms with Gasteiger partial charge in [0.15, 0.2) is 5.78 Å². The fourth-order valence-electron chi connectivity index (χ4n) is 3.91. The van der Waals surface area contributed by atoms with Gasteiger partial charge in [-0.25, -0.2) is 4.79 Å². The van der Waals surface area contributed by atoms with Gasteiger partial charge < -0.3 is 25.0 Å². The Balaban J connectivity index is 1.30. The number of nitrogens with one attached hydrogen (secondary N) is 2. The summed E-state index contributed by atoms with van der Waals surface area (Å²) in [6.07, 6.45) is 6.27. The van der Waals surface area contributed by atoms with Crippen LogP contribution in [-0.2, 0) is 27.4 Å². The molecule has 2 aromatic rings. The molecule has 1 aromatic heterocycles. The van der Waals surface area contributed by atoms with E-state index in [9.17, 15) is 9.59 Å². The number of amides is 2. The quantitative estimate of drug-likeness (QED) is 0.618. The number of urea groups is 1. The standard InChI is InChI=1S/C24H28N4O4/c1-31-10-11-32-16-23(29)22-12-18(7-9-26-22)17-2-4-21(5-3-17)27-24(30)28-14-19-6-8-25-13-20(19)15-28/h2-8,13,22,26H,9-12,14-16H2,1H3,(H,27,30). The summed E-state index contributed by atoms with van der Waals surface area (Å²) in [5, 5.41) is 6.19. The van der Waals surface area contributed by atoms with Crippen LogP contribution in [0.3, 0.4) is 0 Å². The molecule has 1 atom stereocenters. The van der Waals surface area contributed by atoms with Crippen molar-refractivity contribution in [2.75, 3.05) is 38.8 Å². The lowest BCUT2D eigenvalue weighted by atomic mass is 9.93. The number of Topliss-reactive ketones (excluding diaryl/α,β-unsaturated/α-hetero) is 1. The predicted molar refractivity (Wildman–Crippen MR) is 121 cm³/mol. The predicted octanol–water partition coefficient (Wildman–Crippen LogP) is 2.61. The lowest BCUT2D eigenvalue weighted by Gasteiger charge is -2.23. The molecule has 0 fully saturated rings. The van der Waals surface area contributed by atoms with Crippen molar-refractivity contribution in [1.29, 1.82) is 0 Å². The summed E-state index contributed by atoms with van der Waals surface area (Å²) in [5.41, 5.74) is 5.11. The number of ether oxygens (including phenoxy) is 2. The lowest BCUT2D eigenvalue weighted by molar-refractivity contribution is -0.126. The number of aromatic nitrogens is 1. The second-order valence-electron chi connectivity index (χ2n) is 7.91. The number of methoxy groups -OCH3 is 1. The number of rotatable bonds is 8. The average molecular weight is 437 g/mol. The average Bonchev–Trinajstić information content (AvgIpc) is 3.27. The number of pyridine rings is 1. The van der Waals surface area contributed by atoms with E-state index in [4.69, 9.17) is 9.47 Å². The Bertz CT molecular complexity index is 965. The van der Waals surface area contributed by atoms with Crippen molar-refractivity contribution in [2.24, 2.45) is 0 Å². The molecule has 2 aliphatic heterocycles. The first-order chi connectivity index (χ1) is 15.6. The number of ketones is 1. The topological polar surface area (TPSA) is 92.8 Å². The highest BCUT2D eigenvalue weighted by atomic mass is 16.5. The van der Waals surface area contributed by atoms with Gasteiger partial charge in [-0.1, -0.05) is 18.2 Å². The van der Waals surface area contributed by atoms with Crippen LogP contribution in [0.5, 0.6) is 0 Å². The van der Waals surface area contributed by atoms with Crippen molar-refractivity contribution in [1.82, 2.24) is 15.2 Å². The molecule has 8 nitrogen and oxygen atoms in total. The van der Waals surface area contributed by atoms with Gasteiger partial charge in [-0.05, 0) is 46.9 Å². The summed E-state index contributed by atoms with van der Waals surface area (Å²) in [5.74, 6) is 0.0393. The van der Waals surface area contributed by atoms with Crippen LogP contribution in [0, 0.1) is 0 Å². The van der Waals surface area contributed by atoms with Crippen LogP contribution in [0.25, 0.3) is 5.57 Å². The first kappa shape index (κ1) is 22.1. The first-order valence-corrected chi connectivity index (χ1v) is 10.7. The number of hydrogen-bond acceptors (Lipinski definition) is 6. The van der Waals surface area contributed by atoms with Gasteiger partial charge in [0.25, 0.3) is 0 Å². The molecule has 0 spiro atoms. The van der Waals surface area contributed by atoms with Crippen LogP contribution in [0.1, 0.15) is 23.1 Å². The van der Waals surface area contributed by atoms with Gasteiger partial charge in [0.05, 0.1) is 19.3 Å². The van der Waals surface area contributed by atoms with Crippen LogP contribution >= 0.6 is 0 Å². The molecule has 8 heteroatoms. The van der Waals surface area contributed by atoms with Gasteiger partial charge in [-0.2, -0.15) is 0 Å². The van der Waals surface area contributed by atoms with Gasteiger partial charge in [-0.3, -0.25) is 9.78 Å². The van der Waals surface area contributed by atoms with E-state index in [-0.39, 0.29) is 24.5 Å². The Morgan fingerprint density at radius 2 is 1.97 bits per heavy atom. The number of benzene rings is 1. The molecule has 0 saturated heterocycles. The van der Waals surface area contributed by atoms with Gasteiger partial charge in [0.2, 0.25) is 0 Å². The van der Waals surface area contributed by atoms with Crippen LogP contribution in [0.4, 0.5) is 10.5 Å². The Labute approximate surface area is 187 Å². The monoisotopic (exact) mass is 436 g/mol. The number of carbonyl (C=O) groups excluding carboxylic acids is 2. The SMILES string of the molecule is COCCOCC(=O)C1CC(c2ccc(NC(=O)N3Cc4ccncc4C3)cc2)=CCN1. The molecule has 3 heterocycles. The lowest BCUT2D eigenvalue weighted by Crippen LogP contribution is -2.41. The van der Waals surface area contributed by atoms with Crippen molar-refractivity contribution >= 4 is 23.1 Å². The number of nitrogens with zero attached hydrogens (tertiary/aromatic N) is 2. The molecule has 32 heavy (non-hydrogen) atoms. The molecule has 0 radical (unpaired) electrons. The second kappa shape index (κ2) is 10.5. The van der Waals surface area contributed by atoms with Crippen LogP contribution in [-0.4, -0.2) is 61.2 Å². The van der Waals surface area contributed by atoms with E-state index in [2.05, 4.69) is 21.7 Å². The van der Waals surface area contributed by atoms with E-state index in [1.807, 2.05) is 36.5 Å². The molecule has 0 aliphatic carbocycles. The van der Waals surface area contributed by atoms with E-state index < -0.39 is 0 Å². The van der Waals surface area contributed by atoms with Crippen molar-refractivity contribution in [2.45, 2.75) is 25.6 Å². The van der Waals surface area contributed by atoms with Crippen LogP contribution < -0.4 is 10.6 Å². The minimum atomic E-state index is -0.261. The van der Waals surface area contributed by atoms with Gasteiger partial charge >= 0.3 is 6.03 Å². The van der Waals surface area contributed by atoms with Gasteiger partial charge in [0, 0.05) is 44.8 Å². The van der Waals surface area contributed by atoms with Crippen LogP contribution in [0.2, 0.25) is 0 Å². The summed E-state index contributed by atoms with van der Waals surface area (Å²) in [6, 6.07) is 9.31. The molecule has 0 bridgehead atoms. The molecule has 2 amide bonds. The van der Waals surface area contributed by atoms with Gasteiger partial charge in [-0.15, -0.1) is 0 Å². The summed E-state index contributed by atoms with van der Waals surface area (Å²) in [4.78, 5) is 30.9. The maximum atomic E-state index is 12.6. The number of carbonyl (C=O) groups is 2. The number of anilines is 1. The van der Waals surface area contributed by atoms with Crippen molar-refractivity contribution in [3.05, 3.63) is 65.5 Å². The number of hydrogen-bond donors (Lipinski definition) is 2. The van der Waals surface area contributed by atoms with E-state index in [0.29, 0.717) is 39.3 Å². The maximum Gasteiger partial charge on any atom is 0.322 e. The Kier molecular flexibility index (Phi) is 7.26. The van der Waals surface area contributed by atoms with E-state index in [1.165, 1.54) is 0 Å². The zero-order chi connectivity index (χ0) is 22.3. The largest absolute Gasteiger partial charge is 0.382 e. The number of fused-ring (bicyclic) bond motifs is 1. The van der Waals surface area contributed by atoms with Crippen molar-refractivity contribution in [3.63, 3.8) is 0 Å². The summed E-state index contributed by atoms with van der Waals surface area (Å²) < 4.78 is 10.3. The molecule has 1 aromatic carbocycles. The molecule has 2 aliphatic rings. The fraction of sp³-hybridized carbons (Fsp3) is 0.375. The van der Waals surface area contributed by atoms with Crippen molar-refractivity contribution < 1.29 is 19.1 Å². The summed E-state index contributed by atoms with van der Waals surface area (Å²) in [6.45, 7) is 2.75. The highest BCUT2D eigenvalue weighted by molar-refractivity contribution is 5.90. The van der Waals surface area contributed by atoms with Gasteiger partial charge in [0.1, 0.15) is 6.61 Å². The third-order valence-corrected chi connectivity index (χ3v) is 5.72. The molecular weight excluding hydrogens is 408 g/mol. The smallest absolute Gasteiger partial charge is 0.322 e. The third-order valence-electron chi connectivity index (χ3n) is 5.72. The Morgan fingerprint density at radius 1 is 1.16 bits per heavy atom. The normalized spacial score (nSPS) is 17.6. The Hall–Kier alpha value is -3.07. The van der Waals surface area contributed by atoms with E-state index in [0.717, 1.165) is 28.0 Å². The fourth-order valence-corrected chi connectivity index (χ4v) is 3.91. The third kappa shape index (κ3) is 5.40. The zero-order valence-electron chi connectivity index (χ0n) is 18.2. The molecule has 2 N–H and O–H groups in total. The highest BCUT2D eigenvalue weighted by Crippen LogP contribution is 2.26. The molecule has 4 rings (SSSR count). The maximum absolute atomic E-state index is 12.6. The molecule has 168 valence electrons. The first-order valence-electron chi connectivity index (χ1n) is 10.7. The highest BCUT2D eigenvalue weighted by Gasteiger charge is 2.24. The minimum absolute atomic E-state index is 0.0393. The van der Waals surface area contributed by atoms with Crippen molar-refractivity contribution in [3.8, 4) is 0 Å². The Morgan fingerprint density at radius 3 is 2.75 bits per heavy atom. The van der Waals surface area contributed by atoms with E-state index in [1.54, 1.807) is 18.2 Å². The summed E-state index contributed by atoms with van der Waals surface area (Å²) >= 11 is 0. The second-order valence-corrected chi connectivity index (χ2v) is 7.91. The zero-order valence-corrected chi connectivity index (χ0v) is 18.2. The molecule has 1 unspecified atom stereocenters. The summed E-state index contributed by atoms with van der Waals surface area (Å²) in [7, 11) is 1.60. The van der Waals surface area contributed by atoms with Crippen LogP contribution in [0.15, 0.2) is 48.8 Å². The van der Waals surface area contributed by atoms with E-state index >= 15 is 0 Å². The minimum Gasteiger partial charge on any atom is -0.382 e.